The molecule has 0 heterocycles. The molecule has 8 heteroatoms. The first kappa shape index (κ1) is 13.4. The molecule has 0 aromatic rings. The first-order valence-electron chi connectivity index (χ1n) is 3.84. The van der Waals surface area contributed by atoms with Gasteiger partial charge in [-0.25, -0.2) is 9.59 Å². The molecule has 0 fully saturated rings. The van der Waals surface area contributed by atoms with Crippen molar-refractivity contribution in [1.82, 2.24) is 10.9 Å². The molecule has 0 saturated heterocycles. The van der Waals surface area contributed by atoms with Crippen LogP contribution in [0.25, 0.3) is 0 Å². The molecule has 0 saturated carbocycles. The second-order valence-corrected chi connectivity index (χ2v) is 2.32. The first-order valence-corrected chi connectivity index (χ1v) is 3.84. The minimum absolute atomic E-state index is 0.578. The van der Waals surface area contributed by atoms with E-state index in [9.17, 15) is 19.2 Å². The van der Waals surface area contributed by atoms with Crippen LogP contribution in [0.3, 0.4) is 0 Å². The lowest BCUT2D eigenvalue weighted by molar-refractivity contribution is -0.132. The number of amides is 2. The third kappa shape index (κ3) is 7.98. The van der Waals surface area contributed by atoms with Gasteiger partial charge in [-0.2, -0.15) is 0 Å². The molecule has 2 amide bonds. The van der Waals surface area contributed by atoms with Crippen molar-refractivity contribution in [3.8, 4) is 0 Å². The van der Waals surface area contributed by atoms with Crippen molar-refractivity contribution in [3.63, 3.8) is 0 Å². The van der Waals surface area contributed by atoms with Crippen LogP contribution in [0, 0.1) is 0 Å². The molecule has 0 aliphatic heterocycles. The van der Waals surface area contributed by atoms with E-state index in [1.165, 1.54) is 0 Å². The Labute approximate surface area is 89.2 Å². The third-order valence-electron chi connectivity index (χ3n) is 1.06. The van der Waals surface area contributed by atoms with E-state index in [1.807, 2.05) is 10.9 Å². The van der Waals surface area contributed by atoms with Crippen molar-refractivity contribution in [2.75, 3.05) is 0 Å². The number of nitrogens with one attached hydrogen (secondary N) is 2. The largest absolute Gasteiger partial charge is 0.478 e. The maximum absolute atomic E-state index is 10.8. The van der Waals surface area contributed by atoms with Gasteiger partial charge in [0.25, 0.3) is 11.8 Å². The monoisotopic (exact) mass is 228 g/mol. The molecule has 0 rings (SSSR count). The molecular formula is C8H8N2O6. The van der Waals surface area contributed by atoms with Gasteiger partial charge in [0.2, 0.25) is 0 Å². The molecule has 0 aliphatic rings. The Morgan fingerprint density at radius 1 is 0.688 bits per heavy atom. The van der Waals surface area contributed by atoms with Gasteiger partial charge in [-0.15, -0.1) is 0 Å². The van der Waals surface area contributed by atoms with E-state index in [0.29, 0.717) is 24.3 Å². The van der Waals surface area contributed by atoms with Crippen LogP contribution in [0.5, 0.6) is 0 Å². The lowest BCUT2D eigenvalue weighted by Crippen LogP contribution is -2.40. The molecule has 0 aromatic carbocycles. The highest BCUT2D eigenvalue weighted by Gasteiger charge is 1.99. The van der Waals surface area contributed by atoms with E-state index in [0.717, 1.165) is 0 Å². The zero-order valence-corrected chi connectivity index (χ0v) is 7.84. The van der Waals surface area contributed by atoms with Gasteiger partial charge >= 0.3 is 11.9 Å². The molecule has 0 atom stereocenters. The minimum Gasteiger partial charge on any atom is -0.478 e. The fourth-order valence-corrected chi connectivity index (χ4v) is 0.500. The zero-order chi connectivity index (χ0) is 12.6. The van der Waals surface area contributed by atoms with E-state index in [2.05, 4.69) is 0 Å². The van der Waals surface area contributed by atoms with Gasteiger partial charge in [-0.05, 0) is 0 Å². The lowest BCUT2D eigenvalue weighted by Gasteiger charge is -2.00. The molecule has 0 bridgehead atoms. The number of carbonyl (C=O) groups excluding carboxylic acids is 2. The van der Waals surface area contributed by atoms with Crippen LogP contribution in [-0.2, 0) is 19.2 Å². The van der Waals surface area contributed by atoms with Crippen molar-refractivity contribution >= 4 is 23.8 Å². The molecular weight excluding hydrogens is 220 g/mol. The summed E-state index contributed by atoms with van der Waals surface area (Å²) in [5.41, 5.74) is 3.66. The molecule has 16 heavy (non-hydrogen) atoms. The highest BCUT2D eigenvalue weighted by Crippen LogP contribution is 1.75. The predicted octanol–water partition coefficient (Wildman–Crippen LogP) is -1.58. The summed E-state index contributed by atoms with van der Waals surface area (Å²) < 4.78 is 0. The van der Waals surface area contributed by atoms with Gasteiger partial charge in [-0.3, -0.25) is 20.4 Å². The summed E-state index contributed by atoms with van der Waals surface area (Å²) >= 11 is 0. The number of carboxylic acids is 2. The van der Waals surface area contributed by atoms with Crippen LogP contribution in [0.4, 0.5) is 0 Å². The molecule has 0 unspecified atom stereocenters. The Morgan fingerprint density at radius 3 is 1.25 bits per heavy atom. The molecule has 0 radical (unpaired) electrons. The van der Waals surface area contributed by atoms with E-state index in [1.54, 1.807) is 0 Å². The van der Waals surface area contributed by atoms with Crippen molar-refractivity contribution in [2.45, 2.75) is 0 Å². The normalized spacial score (nSPS) is 10.2. The Hall–Kier alpha value is -2.64. The maximum atomic E-state index is 10.8. The quantitative estimate of drug-likeness (QED) is 0.339. The summed E-state index contributed by atoms with van der Waals surface area (Å²) in [6.45, 7) is 0. The Kier molecular flexibility index (Phi) is 5.65. The highest BCUT2D eigenvalue weighted by atomic mass is 16.4. The number of hydrazine groups is 1. The third-order valence-corrected chi connectivity index (χ3v) is 1.06. The number of hydrogen-bond acceptors (Lipinski definition) is 4. The summed E-state index contributed by atoms with van der Waals surface area (Å²) in [4.78, 5) is 41.5. The standard InChI is InChI=1S/C8H8N2O6/c11-5(1-3-7(13)14)9-10-6(12)2-4-8(15)16/h1-4H,(H,9,11)(H,10,12)(H,13,14)(H,15,16)/b3-1+,4-2+. The van der Waals surface area contributed by atoms with E-state index in [-0.39, 0.29) is 0 Å². The maximum Gasteiger partial charge on any atom is 0.328 e. The highest BCUT2D eigenvalue weighted by molar-refractivity contribution is 5.97. The molecule has 4 N–H and O–H groups in total. The predicted molar refractivity (Wildman–Crippen MR) is 49.8 cm³/mol. The van der Waals surface area contributed by atoms with Crippen LogP contribution in [0.1, 0.15) is 0 Å². The van der Waals surface area contributed by atoms with Gasteiger partial charge in [-0.1, -0.05) is 0 Å². The number of rotatable bonds is 4. The topological polar surface area (TPSA) is 133 Å². The van der Waals surface area contributed by atoms with Crippen molar-refractivity contribution in [3.05, 3.63) is 24.3 Å². The molecule has 8 nitrogen and oxygen atoms in total. The lowest BCUT2D eigenvalue weighted by atomic mass is 10.5. The fourth-order valence-electron chi connectivity index (χ4n) is 0.500. The Morgan fingerprint density at radius 2 is 1.00 bits per heavy atom. The Balaban J connectivity index is 3.97. The van der Waals surface area contributed by atoms with Crippen LogP contribution in [-0.4, -0.2) is 34.0 Å². The van der Waals surface area contributed by atoms with E-state index in [4.69, 9.17) is 10.2 Å². The fraction of sp³-hybridized carbons (Fsp3) is 0. The van der Waals surface area contributed by atoms with Crippen LogP contribution in [0.15, 0.2) is 24.3 Å². The number of carbonyl (C=O) groups is 4. The van der Waals surface area contributed by atoms with Crippen LogP contribution >= 0.6 is 0 Å². The van der Waals surface area contributed by atoms with Gasteiger partial charge in [0.15, 0.2) is 0 Å². The van der Waals surface area contributed by atoms with Gasteiger partial charge in [0.1, 0.15) is 0 Å². The summed E-state index contributed by atoms with van der Waals surface area (Å²) in [5.74, 6) is -4.35. The summed E-state index contributed by atoms with van der Waals surface area (Å²) in [6, 6.07) is 0. The number of hydrogen-bond donors (Lipinski definition) is 4. The van der Waals surface area contributed by atoms with E-state index < -0.39 is 23.8 Å². The molecule has 0 spiro atoms. The van der Waals surface area contributed by atoms with Crippen LogP contribution in [0.2, 0.25) is 0 Å². The van der Waals surface area contributed by atoms with Crippen molar-refractivity contribution in [1.29, 1.82) is 0 Å². The van der Waals surface area contributed by atoms with E-state index >= 15 is 0 Å². The second-order valence-electron chi connectivity index (χ2n) is 2.32. The first-order chi connectivity index (χ1) is 7.41. The summed E-state index contributed by atoms with van der Waals surface area (Å²) in [7, 11) is 0. The summed E-state index contributed by atoms with van der Waals surface area (Å²) in [6.07, 6.45) is 2.52. The van der Waals surface area contributed by atoms with Gasteiger partial charge in [0.05, 0.1) is 0 Å². The zero-order valence-electron chi connectivity index (χ0n) is 7.84. The smallest absolute Gasteiger partial charge is 0.328 e. The van der Waals surface area contributed by atoms with Gasteiger partial charge < -0.3 is 10.2 Å². The van der Waals surface area contributed by atoms with Crippen LogP contribution < -0.4 is 10.9 Å². The van der Waals surface area contributed by atoms with Gasteiger partial charge in [0, 0.05) is 24.3 Å². The average molecular weight is 228 g/mol. The SMILES string of the molecule is O=C(O)/C=C/C(=O)NNC(=O)/C=C/C(=O)O. The van der Waals surface area contributed by atoms with Crippen molar-refractivity contribution in [2.24, 2.45) is 0 Å². The average Bonchev–Trinajstić information content (AvgIpc) is 2.20. The number of aliphatic carboxylic acids is 2. The number of carboxylic acid groups (broad SMARTS) is 2. The second kappa shape index (κ2) is 6.76. The molecule has 0 aromatic heterocycles. The molecule has 0 aliphatic carbocycles. The van der Waals surface area contributed by atoms with Crippen molar-refractivity contribution < 1.29 is 29.4 Å². The summed E-state index contributed by atoms with van der Waals surface area (Å²) in [5, 5.41) is 16.3. The molecule has 86 valence electrons. The minimum atomic E-state index is -1.31. The Bertz CT molecular complexity index is 335.